The molecule has 29 heavy (non-hydrogen) atoms. The summed E-state index contributed by atoms with van der Waals surface area (Å²) in [6, 6.07) is 14.0. The molecule has 0 aliphatic rings. The summed E-state index contributed by atoms with van der Waals surface area (Å²) in [4.78, 5) is 15.7. The van der Waals surface area contributed by atoms with Gasteiger partial charge in [0.05, 0.1) is 34.5 Å². The number of hydrogen-bond donors (Lipinski definition) is 2. The average molecular weight is 455 g/mol. The molecule has 1 heterocycles. The van der Waals surface area contributed by atoms with Gasteiger partial charge in [-0.3, -0.25) is 9.36 Å². The van der Waals surface area contributed by atoms with Gasteiger partial charge in [-0.05, 0) is 43.5 Å². The van der Waals surface area contributed by atoms with E-state index in [-0.39, 0.29) is 23.8 Å². The second kappa shape index (κ2) is 9.33. The zero-order valence-corrected chi connectivity index (χ0v) is 18.4. The summed E-state index contributed by atoms with van der Waals surface area (Å²) >= 11 is 12.4. The quantitative estimate of drug-likeness (QED) is 0.395. The predicted octanol–water partition coefficient (Wildman–Crippen LogP) is 6.21. The number of rotatable bonds is 8. The number of aromatic amines is 1. The Morgan fingerprint density at radius 2 is 1.76 bits per heavy atom. The minimum absolute atomic E-state index is 0.143. The summed E-state index contributed by atoms with van der Waals surface area (Å²) in [5.74, 6) is -1.09. The first-order valence-corrected chi connectivity index (χ1v) is 11.5. The van der Waals surface area contributed by atoms with Crippen molar-refractivity contribution in [2.75, 3.05) is 18.5 Å². The highest BCUT2D eigenvalue weighted by atomic mass is 35.5. The van der Waals surface area contributed by atoms with Gasteiger partial charge < -0.3 is 19.3 Å². The van der Waals surface area contributed by atoms with Crippen LogP contribution in [0.3, 0.4) is 0 Å². The zero-order chi connectivity index (χ0) is 21.0. The van der Waals surface area contributed by atoms with Gasteiger partial charge in [0.25, 0.3) is 5.56 Å². The largest absolute Gasteiger partial charge is 0.366 e. The summed E-state index contributed by atoms with van der Waals surface area (Å²) in [6.45, 7) is 3.70. The lowest BCUT2D eigenvalue weighted by molar-refractivity contribution is 0.214. The van der Waals surface area contributed by atoms with Crippen LogP contribution >= 0.6 is 30.8 Å². The minimum atomic E-state index is -3.79. The van der Waals surface area contributed by atoms with Crippen LogP contribution in [0.25, 0.3) is 10.9 Å². The van der Waals surface area contributed by atoms with E-state index in [1.54, 1.807) is 44.2 Å². The van der Waals surface area contributed by atoms with Crippen molar-refractivity contribution in [3.8, 4) is 0 Å². The highest BCUT2D eigenvalue weighted by Crippen LogP contribution is 2.60. The average Bonchev–Trinajstić information content (AvgIpc) is 2.69. The van der Waals surface area contributed by atoms with Crippen LogP contribution in [-0.2, 0) is 13.6 Å². The first-order chi connectivity index (χ1) is 13.9. The number of anilines is 1. The fourth-order valence-electron chi connectivity index (χ4n) is 3.00. The van der Waals surface area contributed by atoms with E-state index in [0.717, 1.165) is 5.39 Å². The number of para-hydroxylation sites is 1. The third-order valence-electron chi connectivity index (χ3n) is 4.25. The monoisotopic (exact) mass is 454 g/mol. The number of hydrogen-bond acceptors (Lipinski definition) is 5. The van der Waals surface area contributed by atoms with Gasteiger partial charge in [-0.15, -0.1) is 0 Å². The fraction of sp³-hybridized carbons (Fsp3) is 0.250. The molecule has 2 N–H and O–H groups in total. The van der Waals surface area contributed by atoms with Crippen LogP contribution in [0.15, 0.2) is 53.3 Å². The summed E-state index contributed by atoms with van der Waals surface area (Å²) < 4.78 is 24.7. The molecule has 9 heteroatoms. The van der Waals surface area contributed by atoms with Crippen molar-refractivity contribution in [3.63, 3.8) is 0 Å². The van der Waals surface area contributed by atoms with Gasteiger partial charge in [0, 0.05) is 5.52 Å². The number of pyridine rings is 1. The molecule has 1 aromatic heterocycles. The van der Waals surface area contributed by atoms with Gasteiger partial charge in [0.1, 0.15) is 0 Å². The van der Waals surface area contributed by atoms with E-state index in [1.165, 1.54) is 0 Å². The van der Waals surface area contributed by atoms with Crippen LogP contribution in [0.5, 0.6) is 0 Å². The Labute approximate surface area is 178 Å². The van der Waals surface area contributed by atoms with Crippen LogP contribution < -0.4 is 10.9 Å². The molecule has 0 bridgehead atoms. The molecule has 1 atom stereocenters. The SMILES string of the molecule is CCOP(=O)(OCC)C(Nc1cccc(Cl)c1Cl)c1cc2ccccc2[nH]c1=O. The number of benzene rings is 2. The second-order valence-electron chi connectivity index (χ2n) is 6.16. The molecule has 0 aliphatic carbocycles. The second-order valence-corrected chi connectivity index (χ2v) is 9.06. The molecule has 3 rings (SSSR count). The maximum Gasteiger partial charge on any atom is 0.357 e. The van der Waals surface area contributed by atoms with Crippen molar-refractivity contribution in [1.29, 1.82) is 0 Å². The summed E-state index contributed by atoms with van der Waals surface area (Å²) in [5, 5.41) is 4.42. The Morgan fingerprint density at radius 1 is 1.07 bits per heavy atom. The topological polar surface area (TPSA) is 80.4 Å². The molecule has 0 radical (unpaired) electrons. The minimum Gasteiger partial charge on any atom is -0.366 e. The summed E-state index contributed by atoms with van der Waals surface area (Å²) in [7, 11) is -3.79. The summed E-state index contributed by atoms with van der Waals surface area (Å²) in [6.07, 6.45) is 0. The molecule has 0 spiro atoms. The van der Waals surface area contributed by atoms with Crippen molar-refractivity contribution in [2.45, 2.75) is 19.6 Å². The van der Waals surface area contributed by atoms with Crippen LogP contribution in [0.1, 0.15) is 25.2 Å². The van der Waals surface area contributed by atoms with Crippen molar-refractivity contribution in [3.05, 3.63) is 74.5 Å². The van der Waals surface area contributed by atoms with E-state index < -0.39 is 18.9 Å². The molecule has 2 aromatic carbocycles. The van der Waals surface area contributed by atoms with E-state index >= 15 is 0 Å². The zero-order valence-electron chi connectivity index (χ0n) is 15.9. The van der Waals surface area contributed by atoms with Gasteiger partial charge >= 0.3 is 7.60 Å². The number of fused-ring (bicyclic) bond motifs is 1. The highest BCUT2D eigenvalue weighted by molar-refractivity contribution is 7.54. The first-order valence-electron chi connectivity index (χ1n) is 9.11. The molecule has 154 valence electrons. The number of halogens is 2. The van der Waals surface area contributed by atoms with Crippen LogP contribution in [0, 0.1) is 0 Å². The van der Waals surface area contributed by atoms with E-state index in [4.69, 9.17) is 32.2 Å². The van der Waals surface area contributed by atoms with Gasteiger partial charge in [-0.2, -0.15) is 0 Å². The molecule has 3 aromatic rings. The van der Waals surface area contributed by atoms with Crippen LogP contribution in [-0.4, -0.2) is 18.2 Å². The Hall–Kier alpha value is -1.82. The Bertz CT molecular complexity index is 1110. The third kappa shape index (κ3) is 4.68. The Morgan fingerprint density at radius 3 is 2.45 bits per heavy atom. The number of nitrogens with one attached hydrogen (secondary N) is 2. The standard InChI is InChI=1S/C20H21Cl2N2O4P/c1-3-27-29(26,28-4-2)20(24-17-11-7-9-15(21)18(17)22)14-12-13-8-5-6-10-16(13)23-19(14)25/h5-12,20,24H,3-4H2,1-2H3,(H,23,25). The van der Waals surface area contributed by atoms with Gasteiger partial charge in [-0.1, -0.05) is 47.5 Å². The van der Waals surface area contributed by atoms with E-state index in [9.17, 15) is 9.36 Å². The number of H-pyrrole nitrogens is 1. The van der Waals surface area contributed by atoms with Crippen molar-refractivity contribution in [2.24, 2.45) is 0 Å². The first kappa shape index (κ1) is 21.9. The smallest absolute Gasteiger partial charge is 0.357 e. The lowest BCUT2D eigenvalue weighted by Crippen LogP contribution is -2.23. The molecule has 0 aliphatic heterocycles. The molecule has 0 saturated carbocycles. The fourth-order valence-corrected chi connectivity index (χ4v) is 5.28. The number of aromatic nitrogens is 1. The normalized spacial score (nSPS) is 12.8. The molecule has 0 fully saturated rings. The van der Waals surface area contributed by atoms with Crippen molar-refractivity contribution >= 4 is 47.4 Å². The Kier molecular flexibility index (Phi) is 7.04. The molecule has 6 nitrogen and oxygen atoms in total. The van der Waals surface area contributed by atoms with Crippen LogP contribution in [0.4, 0.5) is 5.69 Å². The maximum absolute atomic E-state index is 13.7. The molecule has 0 amide bonds. The molecular weight excluding hydrogens is 434 g/mol. The Balaban J connectivity index is 2.19. The molecule has 0 saturated heterocycles. The third-order valence-corrected chi connectivity index (χ3v) is 7.35. The maximum atomic E-state index is 13.7. The van der Waals surface area contributed by atoms with Crippen molar-refractivity contribution < 1.29 is 13.6 Å². The molecular formula is C20H21Cl2N2O4P. The van der Waals surface area contributed by atoms with Crippen molar-refractivity contribution in [1.82, 2.24) is 4.98 Å². The van der Waals surface area contributed by atoms with Gasteiger partial charge in [0.2, 0.25) is 0 Å². The van der Waals surface area contributed by atoms with Gasteiger partial charge in [0.15, 0.2) is 5.78 Å². The highest BCUT2D eigenvalue weighted by Gasteiger charge is 2.39. The summed E-state index contributed by atoms with van der Waals surface area (Å²) in [5.41, 5.74) is 0.892. The van der Waals surface area contributed by atoms with E-state index in [1.807, 2.05) is 18.2 Å². The van der Waals surface area contributed by atoms with Gasteiger partial charge in [-0.25, -0.2) is 0 Å². The molecule has 1 unspecified atom stereocenters. The van der Waals surface area contributed by atoms with E-state index in [0.29, 0.717) is 16.2 Å². The lowest BCUT2D eigenvalue weighted by atomic mass is 10.1. The lowest BCUT2D eigenvalue weighted by Gasteiger charge is -2.28. The van der Waals surface area contributed by atoms with Crippen LogP contribution in [0.2, 0.25) is 10.0 Å². The van der Waals surface area contributed by atoms with E-state index in [2.05, 4.69) is 10.3 Å². The predicted molar refractivity (Wildman–Crippen MR) is 118 cm³/mol.